The van der Waals surface area contributed by atoms with Crippen LogP contribution in [0.4, 0.5) is 20.2 Å². The lowest BCUT2D eigenvalue weighted by atomic mass is 9.78. The second-order valence-electron chi connectivity index (χ2n) is 9.36. The van der Waals surface area contributed by atoms with Crippen molar-refractivity contribution < 1.29 is 27.7 Å². The molecule has 2 aromatic rings. The van der Waals surface area contributed by atoms with Crippen molar-refractivity contribution in [2.24, 2.45) is 11.1 Å². The number of halogens is 2. The molecule has 2 fully saturated rings. The zero-order valence-corrected chi connectivity index (χ0v) is 18.4. The van der Waals surface area contributed by atoms with Gasteiger partial charge in [0.15, 0.2) is 0 Å². The molecular formula is C23H25BF2N2O4. The fraction of sp³-hybridized carbons (Fsp3) is 0.391. The molecule has 2 aromatic carbocycles. The van der Waals surface area contributed by atoms with Gasteiger partial charge in [0.1, 0.15) is 17.0 Å². The van der Waals surface area contributed by atoms with E-state index in [0.29, 0.717) is 18.5 Å². The van der Waals surface area contributed by atoms with Gasteiger partial charge in [-0.15, -0.1) is 0 Å². The third-order valence-corrected chi connectivity index (χ3v) is 6.67. The molecule has 1 aliphatic carbocycles. The first kappa shape index (κ1) is 22.4. The van der Waals surface area contributed by atoms with E-state index in [9.17, 15) is 14.0 Å². The van der Waals surface area contributed by atoms with Crippen LogP contribution in [0.25, 0.3) is 0 Å². The average molecular weight is 442 g/mol. The van der Waals surface area contributed by atoms with Gasteiger partial charge in [0, 0.05) is 11.2 Å². The van der Waals surface area contributed by atoms with Gasteiger partial charge in [-0.25, -0.2) is 8.78 Å². The topological polar surface area (TPSA) is 81.9 Å². The van der Waals surface area contributed by atoms with Crippen molar-refractivity contribution in [3.8, 4) is 0 Å². The Labute approximate surface area is 185 Å². The molecule has 1 saturated carbocycles. The van der Waals surface area contributed by atoms with Crippen molar-refractivity contribution in [1.29, 1.82) is 0 Å². The van der Waals surface area contributed by atoms with Gasteiger partial charge in [0.05, 0.1) is 16.9 Å². The Morgan fingerprint density at radius 2 is 1.47 bits per heavy atom. The van der Waals surface area contributed by atoms with Crippen molar-refractivity contribution in [3.63, 3.8) is 0 Å². The summed E-state index contributed by atoms with van der Waals surface area (Å²) in [7, 11) is -0.913. The quantitative estimate of drug-likeness (QED) is 0.570. The van der Waals surface area contributed by atoms with Crippen LogP contribution in [0, 0.1) is 17.0 Å². The highest BCUT2D eigenvalue weighted by molar-refractivity contribution is 6.62. The van der Waals surface area contributed by atoms with Crippen LogP contribution in [0.15, 0.2) is 42.5 Å². The Morgan fingerprint density at radius 1 is 0.938 bits per heavy atom. The molecule has 0 aromatic heterocycles. The van der Waals surface area contributed by atoms with Crippen molar-refractivity contribution in [2.75, 3.05) is 4.90 Å². The predicted molar refractivity (Wildman–Crippen MR) is 117 cm³/mol. The molecule has 2 amide bonds. The zero-order valence-electron chi connectivity index (χ0n) is 18.4. The van der Waals surface area contributed by atoms with E-state index in [4.69, 9.17) is 15.0 Å². The summed E-state index contributed by atoms with van der Waals surface area (Å²) < 4.78 is 40.6. The van der Waals surface area contributed by atoms with E-state index >= 15 is 4.39 Å². The van der Waals surface area contributed by atoms with E-state index in [1.165, 1.54) is 41.3 Å². The summed E-state index contributed by atoms with van der Waals surface area (Å²) in [6.07, 6.45) is 0.626. The zero-order chi connectivity index (χ0) is 23.5. The number of nitrogens with two attached hydrogens (primary N) is 1. The molecule has 32 heavy (non-hydrogen) atoms. The maximum atomic E-state index is 15.2. The van der Waals surface area contributed by atoms with Gasteiger partial charge in [-0.2, -0.15) is 0 Å². The Kier molecular flexibility index (Phi) is 5.17. The van der Waals surface area contributed by atoms with E-state index in [2.05, 4.69) is 0 Å². The molecule has 6 nitrogen and oxygen atoms in total. The van der Waals surface area contributed by atoms with Gasteiger partial charge in [0.2, 0.25) is 11.8 Å². The fourth-order valence-corrected chi connectivity index (χ4v) is 3.69. The number of hydrogen-bond acceptors (Lipinski definition) is 4. The standard InChI is InChI=1S/C23H25BF2N2O4/c1-21(2)22(3,4)32-24(31-21)17-10-9-16(13-18(17)26)28(15-7-5-14(25)6-8-15)20(30)23(11-12-23)19(27)29/h5-10,13H,11-12H2,1-4H3,(H2,27,29). The largest absolute Gasteiger partial charge is 0.497 e. The monoisotopic (exact) mass is 442 g/mol. The van der Waals surface area contributed by atoms with Crippen LogP contribution in [0.5, 0.6) is 0 Å². The van der Waals surface area contributed by atoms with E-state index in [0.717, 1.165) is 0 Å². The van der Waals surface area contributed by atoms with Gasteiger partial charge in [-0.05, 0) is 76.9 Å². The van der Waals surface area contributed by atoms with Crippen LogP contribution in [0.3, 0.4) is 0 Å². The molecule has 0 bridgehead atoms. The molecule has 9 heteroatoms. The third kappa shape index (κ3) is 3.59. The lowest BCUT2D eigenvalue weighted by molar-refractivity contribution is -0.133. The molecule has 168 valence electrons. The molecule has 1 heterocycles. The maximum absolute atomic E-state index is 15.2. The van der Waals surface area contributed by atoms with Gasteiger partial charge in [-0.1, -0.05) is 6.07 Å². The number of rotatable bonds is 5. The Morgan fingerprint density at radius 3 is 1.94 bits per heavy atom. The van der Waals surface area contributed by atoms with E-state index in [-0.39, 0.29) is 11.2 Å². The number of carbonyl (C=O) groups is 2. The van der Waals surface area contributed by atoms with Crippen molar-refractivity contribution >= 4 is 35.8 Å². The lowest BCUT2D eigenvalue weighted by Gasteiger charge is -2.32. The van der Waals surface area contributed by atoms with Crippen molar-refractivity contribution in [2.45, 2.75) is 51.7 Å². The third-order valence-electron chi connectivity index (χ3n) is 6.67. The van der Waals surface area contributed by atoms with E-state index < -0.39 is 47.2 Å². The van der Waals surface area contributed by atoms with E-state index in [1.54, 1.807) is 6.07 Å². The summed E-state index contributed by atoms with van der Waals surface area (Å²) in [6, 6.07) is 9.37. The molecule has 0 atom stereocenters. The summed E-state index contributed by atoms with van der Waals surface area (Å²) in [5.41, 5.74) is 3.54. The Hall–Kier alpha value is -2.78. The number of amides is 2. The minimum atomic E-state index is -1.34. The van der Waals surface area contributed by atoms with Crippen LogP contribution >= 0.6 is 0 Å². The molecule has 2 N–H and O–H groups in total. The second-order valence-corrected chi connectivity index (χ2v) is 9.36. The summed E-state index contributed by atoms with van der Waals surface area (Å²) in [4.78, 5) is 26.5. The number of carbonyl (C=O) groups excluding carboxylic acids is 2. The van der Waals surface area contributed by atoms with Gasteiger partial charge in [0.25, 0.3) is 0 Å². The number of nitrogens with zero attached hydrogens (tertiary/aromatic N) is 1. The average Bonchev–Trinajstić information content (AvgIpc) is 3.47. The smallest absolute Gasteiger partial charge is 0.399 e. The first-order valence-corrected chi connectivity index (χ1v) is 10.4. The summed E-state index contributed by atoms with van der Waals surface area (Å²) >= 11 is 0. The van der Waals surface area contributed by atoms with Crippen LogP contribution in [-0.4, -0.2) is 30.1 Å². The molecule has 1 aliphatic heterocycles. The highest BCUT2D eigenvalue weighted by atomic mass is 19.1. The first-order valence-electron chi connectivity index (χ1n) is 10.4. The van der Waals surface area contributed by atoms with Crippen LogP contribution in [0.1, 0.15) is 40.5 Å². The molecular weight excluding hydrogens is 417 g/mol. The summed E-state index contributed by atoms with van der Waals surface area (Å²) in [5.74, 6) is -2.42. The summed E-state index contributed by atoms with van der Waals surface area (Å²) in [5, 5.41) is 0. The molecule has 0 radical (unpaired) electrons. The number of hydrogen-bond donors (Lipinski definition) is 1. The second kappa shape index (κ2) is 7.38. The minimum Gasteiger partial charge on any atom is -0.399 e. The maximum Gasteiger partial charge on any atom is 0.497 e. The van der Waals surface area contributed by atoms with Crippen LogP contribution < -0.4 is 16.1 Å². The van der Waals surface area contributed by atoms with E-state index in [1.807, 2.05) is 27.7 Å². The van der Waals surface area contributed by atoms with Crippen LogP contribution in [0.2, 0.25) is 0 Å². The molecule has 2 aliphatic rings. The van der Waals surface area contributed by atoms with Crippen molar-refractivity contribution in [3.05, 3.63) is 54.1 Å². The summed E-state index contributed by atoms with van der Waals surface area (Å²) in [6.45, 7) is 7.47. The Balaban J connectivity index is 1.73. The highest BCUT2D eigenvalue weighted by Crippen LogP contribution is 2.49. The Bertz CT molecular complexity index is 1070. The normalized spacial score (nSPS) is 20.1. The predicted octanol–water partition coefficient (Wildman–Crippen LogP) is 3.19. The van der Waals surface area contributed by atoms with Crippen LogP contribution in [-0.2, 0) is 18.9 Å². The molecule has 0 unspecified atom stereocenters. The van der Waals surface area contributed by atoms with Gasteiger partial charge in [-0.3, -0.25) is 14.5 Å². The molecule has 1 saturated heterocycles. The fourth-order valence-electron chi connectivity index (χ4n) is 3.69. The molecule has 4 rings (SSSR count). The minimum absolute atomic E-state index is 0.187. The van der Waals surface area contributed by atoms with Gasteiger partial charge < -0.3 is 15.0 Å². The highest BCUT2D eigenvalue weighted by Gasteiger charge is 2.57. The molecule has 0 spiro atoms. The van der Waals surface area contributed by atoms with Gasteiger partial charge >= 0.3 is 7.12 Å². The number of primary amides is 1. The SMILES string of the molecule is CC1(C)OB(c2ccc(N(C(=O)C3(C(N)=O)CC3)c3ccc(F)cc3)cc2F)OC1(C)C. The first-order chi connectivity index (χ1) is 14.9. The lowest BCUT2D eigenvalue weighted by Crippen LogP contribution is -2.42. The number of anilines is 2. The van der Waals surface area contributed by atoms with Crippen molar-refractivity contribution in [1.82, 2.24) is 0 Å². The number of benzene rings is 2.